The first-order chi connectivity index (χ1) is 8.56. The van der Waals surface area contributed by atoms with Crippen LogP contribution in [0.1, 0.15) is 26.2 Å². The summed E-state index contributed by atoms with van der Waals surface area (Å²) in [6.07, 6.45) is 0.583. The van der Waals surface area contributed by atoms with E-state index in [4.69, 9.17) is 10.2 Å². The molecule has 0 bridgehead atoms. The first-order valence-electron chi connectivity index (χ1n) is 5.78. The van der Waals surface area contributed by atoms with Gasteiger partial charge in [0.1, 0.15) is 0 Å². The van der Waals surface area contributed by atoms with E-state index < -0.39 is 11.9 Å². The highest BCUT2D eigenvalue weighted by Crippen LogP contribution is 2.03. The van der Waals surface area contributed by atoms with Crippen molar-refractivity contribution >= 4 is 17.6 Å². The van der Waals surface area contributed by atoms with Gasteiger partial charge in [0.15, 0.2) is 0 Å². The Morgan fingerprint density at radius 1 is 1.06 bits per heavy atom. The van der Waals surface area contributed by atoms with E-state index in [1.807, 2.05) is 18.2 Å². The standard InChI is InChI=1S/C9H13N.C4H6O4/c1-2-8-10-9-6-4-3-5-7-9;5-3(6)1-2-4(7)8/h3-7,10H,2,8H2,1H3;1-2H2,(H,5,6)(H,7,8). The number of para-hydroxylation sites is 1. The molecule has 0 aliphatic rings. The summed E-state index contributed by atoms with van der Waals surface area (Å²) in [5, 5.41) is 19.1. The highest BCUT2D eigenvalue weighted by molar-refractivity contribution is 5.75. The summed E-state index contributed by atoms with van der Waals surface area (Å²) in [7, 11) is 0. The molecule has 0 aromatic heterocycles. The van der Waals surface area contributed by atoms with Crippen molar-refractivity contribution < 1.29 is 19.8 Å². The van der Waals surface area contributed by atoms with Gasteiger partial charge in [0, 0.05) is 12.2 Å². The zero-order valence-corrected chi connectivity index (χ0v) is 10.4. The summed E-state index contributed by atoms with van der Waals surface area (Å²) in [5.41, 5.74) is 1.21. The Balaban J connectivity index is 0.000000331. The van der Waals surface area contributed by atoms with E-state index in [0.29, 0.717) is 0 Å². The van der Waals surface area contributed by atoms with Gasteiger partial charge in [0.05, 0.1) is 12.8 Å². The van der Waals surface area contributed by atoms with Gasteiger partial charge in [0.2, 0.25) is 0 Å². The monoisotopic (exact) mass is 253 g/mol. The maximum absolute atomic E-state index is 9.64. The molecule has 18 heavy (non-hydrogen) atoms. The molecule has 0 saturated carbocycles. The minimum atomic E-state index is -1.08. The Morgan fingerprint density at radius 3 is 1.94 bits per heavy atom. The topological polar surface area (TPSA) is 86.6 Å². The molecule has 5 heteroatoms. The second kappa shape index (κ2) is 10.1. The van der Waals surface area contributed by atoms with Gasteiger partial charge in [-0.3, -0.25) is 9.59 Å². The van der Waals surface area contributed by atoms with Crippen molar-refractivity contribution in [3.05, 3.63) is 30.3 Å². The van der Waals surface area contributed by atoms with Gasteiger partial charge in [-0.25, -0.2) is 0 Å². The largest absolute Gasteiger partial charge is 0.481 e. The van der Waals surface area contributed by atoms with Crippen molar-refractivity contribution in [2.45, 2.75) is 26.2 Å². The van der Waals surface area contributed by atoms with Crippen LogP contribution in [0.5, 0.6) is 0 Å². The molecule has 0 radical (unpaired) electrons. The number of nitrogens with one attached hydrogen (secondary N) is 1. The van der Waals surface area contributed by atoms with E-state index in [0.717, 1.165) is 6.54 Å². The molecule has 0 unspecified atom stereocenters. The lowest BCUT2D eigenvalue weighted by Crippen LogP contribution is -2.00. The van der Waals surface area contributed by atoms with Crippen LogP contribution in [-0.4, -0.2) is 28.7 Å². The van der Waals surface area contributed by atoms with Crippen LogP contribution in [0.4, 0.5) is 5.69 Å². The van der Waals surface area contributed by atoms with Gasteiger partial charge < -0.3 is 15.5 Å². The molecule has 1 rings (SSSR count). The molecule has 0 aliphatic carbocycles. The van der Waals surface area contributed by atoms with Crippen LogP contribution < -0.4 is 5.32 Å². The Labute approximate surface area is 106 Å². The first-order valence-corrected chi connectivity index (χ1v) is 5.78. The lowest BCUT2D eigenvalue weighted by molar-refractivity contribution is -0.143. The van der Waals surface area contributed by atoms with Crippen molar-refractivity contribution in [1.82, 2.24) is 0 Å². The molecule has 0 amide bonds. The molecule has 1 aromatic carbocycles. The van der Waals surface area contributed by atoms with Crippen LogP contribution in [0, 0.1) is 0 Å². The van der Waals surface area contributed by atoms with Crippen LogP contribution in [0.25, 0.3) is 0 Å². The second-order valence-electron chi connectivity index (χ2n) is 3.58. The fourth-order valence-electron chi connectivity index (χ4n) is 1.04. The summed E-state index contributed by atoms with van der Waals surface area (Å²) in [6.45, 7) is 3.22. The maximum Gasteiger partial charge on any atom is 0.303 e. The van der Waals surface area contributed by atoms with Crippen LogP contribution in [0.15, 0.2) is 30.3 Å². The van der Waals surface area contributed by atoms with E-state index >= 15 is 0 Å². The smallest absolute Gasteiger partial charge is 0.303 e. The van der Waals surface area contributed by atoms with Crippen molar-refractivity contribution in [2.75, 3.05) is 11.9 Å². The number of anilines is 1. The van der Waals surface area contributed by atoms with Gasteiger partial charge in [0.25, 0.3) is 0 Å². The third kappa shape index (κ3) is 10.5. The number of hydrogen-bond donors (Lipinski definition) is 3. The number of carbonyl (C=O) groups is 2. The molecular formula is C13H19NO4. The van der Waals surface area contributed by atoms with Gasteiger partial charge >= 0.3 is 11.9 Å². The van der Waals surface area contributed by atoms with Crippen molar-refractivity contribution in [2.24, 2.45) is 0 Å². The Kier molecular flexibility index (Phi) is 8.99. The van der Waals surface area contributed by atoms with Gasteiger partial charge in [-0.15, -0.1) is 0 Å². The average Bonchev–Trinajstić information content (AvgIpc) is 2.36. The summed E-state index contributed by atoms with van der Waals surface area (Å²) >= 11 is 0. The van der Waals surface area contributed by atoms with E-state index in [1.54, 1.807) is 0 Å². The lowest BCUT2D eigenvalue weighted by atomic mass is 10.3. The van der Waals surface area contributed by atoms with E-state index in [1.165, 1.54) is 12.1 Å². The average molecular weight is 253 g/mol. The van der Waals surface area contributed by atoms with Crippen LogP contribution in [0.2, 0.25) is 0 Å². The normalized spacial score (nSPS) is 8.94. The van der Waals surface area contributed by atoms with E-state index in [-0.39, 0.29) is 12.8 Å². The molecule has 0 heterocycles. The van der Waals surface area contributed by atoms with Crippen molar-refractivity contribution in [3.8, 4) is 0 Å². The van der Waals surface area contributed by atoms with Crippen LogP contribution >= 0.6 is 0 Å². The summed E-state index contributed by atoms with van der Waals surface area (Å²) < 4.78 is 0. The number of rotatable bonds is 6. The third-order valence-corrected chi connectivity index (χ3v) is 1.91. The quantitative estimate of drug-likeness (QED) is 0.725. The minimum absolute atomic E-state index is 0.296. The fourth-order valence-corrected chi connectivity index (χ4v) is 1.04. The van der Waals surface area contributed by atoms with Gasteiger partial charge in [-0.05, 0) is 18.6 Å². The van der Waals surface area contributed by atoms with Gasteiger partial charge in [-0.1, -0.05) is 25.1 Å². The zero-order chi connectivity index (χ0) is 13.8. The third-order valence-electron chi connectivity index (χ3n) is 1.91. The molecule has 0 spiro atoms. The lowest BCUT2D eigenvalue weighted by Gasteiger charge is -2.01. The molecule has 0 saturated heterocycles. The van der Waals surface area contributed by atoms with Crippen LogP contribution in [-0.2, 0) is 9.59 Å². The number of hydrogen-bond acceptors (Lipinski definition) is 3. The number of carboxylic acids is 2. The second-order valence-corrected chi connectivity index (χ2v) is 3.58. The SMILES string of the molecule is CCCNc1ccccc1.O=C(O)CCC(=O)O. The van der Waals surface area contributed by atoms with Crippen molar-refractivity contribution in [1.29, 1.82) is 0 Å². The molecule has 3 N–H and O–H groups in total. The molecule has 0 fully saturated rings. The molecular weight excluding hydrogens is 234 g/mol. The number of carboxylic acid groups (broad SMARTS) is 2. The molecule has 100 valence electrons. The Morgan fingerprint density at radius 2 is 1.56 bits per heavy atom. The minimum Gasteiger partial charge on any atom is -0.481 e. The van der Waals surface area contributed by atoms with Gasteiger partial charge in [-0.2, -0.15) is 0 Å². The fraction of sp³-hybridized carbons (Fsp3) is 0.385. The summed E-state index contributed by atoms with van der Waals surface area (Å²) in [6, 6.07) is 10.3. The number of aliphatic carboxylic acids is 2. The summed E-state index contributed by atoms with van der Waals surface area (Å²) in [4.78, 5) is 19.3. The molecule has 1 aromatic rings. The predicted octanol–water partition coefficient (Wildman–Crippen LogP) is 2.44. The Hall–Kier alpha value is -2.04. The van der Waals surface area contributed by atoms with Crippen molar-refractivity contribution in [3.63, 3.8) is 0 Å². The molecule has 5 nitrogen and oxygen atoms in total. The Bertz CT molecular complexity index is 337. The predicted molar refractivity (Wildman–Crippen MR) is 69.7 cm³/mol. The first kappa shape index (κ1) is 16.0. The highest BCUT2D eigenvalue weighted by atomic mass is 16.4. The molecule has 0 atom stereocenters. The number of benzene rings is 1. The van der Waals surface area contributed by atoms with E-state index in [2.05, 4.69) is 24.4 Å². The maximum atomic E-state index is 9.64. The van der Waals surface area contributed by atoms with Crippen LogP contribution in [0.3, 0.4) is 0 Å². The molecule has 0 aliphatic heterocycles. The zero-order valence-electron chi connectivity index (χ0n) is 10.4. The van der Waals surface area contributed by atoms with E-state index in [9.17, 15) is 9.59 Å². The summed E-state index contributed by atoms with van der Waals surface area (Å²) in [5.74, 6) is -2.15. The highest BCUT2D eigenvalue weighted by Gasteiger charge is 2.00.